The van der Waals surface area contributed by atoms with E-state index in [2.05, 4.69) is 4.98 Å². The first-order chi connectivity index (χ1) is 15.2. The number of hydrogen-bond donors (Lipinski definition) is 0. The van der Waals surface area contributed by atoms with Gasteiger partial charge in [-0.2, -0.15) is 0 Å². The topological polar surface area (TPSA) is 59.5 Å². The average molecular weight is 415 g/mol. The largest absolute Gasteiger partial charge is 0.445 e. The molecule has 1 amide bonds. The molecule has 5 nitrogen and oxygen atoms in total. The van der Waals surface area contributed by atoms with Crippen LogP contribution in [0.3, 0.4) is 0 Å². The van der Waals surface area contributed by atoms with Crippen LogP contribution < -0.4 is 0 Å². The third kappa shape index (κ3) is 4.05. The first-order valence-electron chi connectivity index (χ1n) is 11.1. The minimum atomic E-state index is -0.249. The summed E-state index contributed by atoms with van der Waals surface area (Å²) in [6.45, 7) is 0.281. The number of amides is 1. The Morgan fingerprint density at radius 3 is 2.52 bits per heavy atom. The number of nitrogens with zero attached hydrogens (tertiary/aromatic N) is 2. The summed E-state index contributed by atoms with van der Waals surface area (Å²) in [5.41, 5.74) is 2.62. The molecule has 2 bridgehead atoms. The Hall–Kier alpha value is -3.21. The predicted octanol–water partition coefficient (Wildman–Crippen LogP) is 5.39. The van der Waals surface area contributed by atoms with Gasteiger partial charge in [0.15, 0.2) is 5.78 Å². The zero-order chi connectivity index (χ0) is 21.2. The number of piperidine rings is 2. The van der Waals surface area contributed by atoms with Gasteiger partial charge in [-0.05, 0) is 61.9 Å². The van der Waals surface area contributed by atoms with Crippen molar-refractivity contribution in [3.63, 3.8) is 0 Å². The van der Waals surface area contributed by atoms with Crippen LogP contribution in [-0.4, -0.2) is 33.8 Å². The quantitative estimate of drug-likeness (QED) is 0.537. The van der Waals surface area contributed by atoms with Crippen LogP contribution in [0.15, 0.2) is 66.9 Å². The van der Waals surface area contributed by atoms with Gasteiger partial charge in [-0.15, -0.1) is 0 Å². The second-order valence-corrected chi connectivity index (χ2v) is 8.63. The van der Waals surface area contributed by atoms with Crippen LogP contribution in [-0.2, 0) is 11.3 Å². The summed E-state index contributed by atoms with van der Waals surface area (Å²) in [6.07, 6.45) is 5.89. The number of hydrogen-bond acceptors (Lipinski definition) is 4. The Morgan fingerprint density at radius 2 is 1.74 bits per heavy atom. The second-order valence-electron chi connectivity index (χ2n) is 8.63. The first kappa shape index (κ1) is 19.7. The molecule has 1 aromatic heterocycles. The maximum Gasteiger partial charge on any atom is 0.410 e. The highest BCUT2D eigenvalue weighted by Crippen LogP contribution is 2.39. The molecule has 0 aliphatic carbocycles. The molecule has 158 valence electrons. The van der Waals surface area contributed by atoms with E-state index in [-0.39, 0.29) is 36.5 Å². The van der Waals surface area contributed by atoms with Gasteiger partial charge in [0.1, 0.15) is 6.61 Å². The molecule has 0 radical (unpaired) electrons. The van der Waals surface area contributed by atoms with Crippen LogP contribution >= 0.6 is 0 Å². The molecule has 0 spiro atoms. The van der Waals surface area contributed by atoms with Gasteiger partial charge < -0.3 is 9.64 Å². The highest BCUT2D eigenvalue weighted by molar-refractivity contribution is 6.01. The summed E-state index contributed by atoms with van der Waals surface area (Å²) in [6, 6.07) is 19.5. The second kappa shape index (κ2) is 8.50. The third-order valence-electron chi connectivity index (χ3n) is 6.65. The summed E-state index contributed by atoms with van der Waals surface area (Å²) >= 11 is 0. The van der Waals surface area contributed by atoms with Gasteiger partial charge in [0.2, 0.25) is 0 Å². The molecule has 3 heterocycles. The fourth-order valence-electron chi connectivity index (χ4n) is 5.15. The Morgan fingerprint density at radius 1 is 0.968 bits per heavy atom. The molecule has 0 saturated carbocycles. The van der Waals surface area contributed by atoms with Gasteiger partial charge in [-0.3, -0.25) is 9.78 Å². The summed E-state index contributed by atoms with van der Waals surface area (Å²) in [7, 11) is 0. The molecule has 5 heteroatoms. The number of aromatic nitrogens is 1. The summed E-state index contributed by atoms with van der Waals surface area (Å²) in [4.78, 5) is 32.5. The molecule has 0 N–H and O–H groups in total. The van der Waals surface area contributed by atoms with E-state index in [0.717, 1.165) is 41.3 Å². The van der Waals surface area contributed by atoms with Crippen molar-refractivity contribution in [1.82, 2.24) is 9.88 Å². The highest BCUT2D eigenvalue weighted by Gasteiger charge is 2.43. The van der Waals surface area contributed by atoms with Crippen molar-refractivity contribution < 1.29 is 14.3 Å². The predicted molar refractivity (Wildman–Crippen MR) is 119 cm³/mol. The van der Waals surface area contributed by atoms with Crippen LogP contribution in [0.1, 0.15) is 48.0 Å². The molecule has 2 aliphatic rings. The molecule has 2 aromatic carbocycles. The Kier molecular flexibility index (Phi) is 5.41. The molecule has 5 rings (SSSR count). The number of pyridine rings is 1. The fourth-order valence-corrected chi connectivity index (χ4v) is 5.15. The molecule has 31 heavy (non-hydrogen) atoms. The summed E-state index contributed by atoms with van der Waals surface area (Å²) in [5.74, 6) is 0.127. The van der Waals surface area contributed by atoms with E-state index < -0.39 is 0 Å². The van der Waals surface area contributed by atoms with E-state index in [4.69, 9.17) is 4.74 Å². The lowest BCUT2D eigenvalue weighted by molar-refractivity contribution is 0.00473. The van der Waals surface area contributed by atoms with Crippen molar-refractivity contribution in [2.75, 3.05) is 0 Å². The lowest BCUT2D eigenvalue weighted by Gasteiger charge is -2.47. The lowest BCUT2D eigenvalue weighted by atomic mass is 9.76. The van der Waals surface area contributed by atoms with Crippen molar-refractivity contribution in [3.8, 4) is 0 Å². The minimum Gasteiger partial charge on any atom is -0.445 e. The molecule has 3 aromatic rings. The molecule has 2 saturated heterocycles. The van der Waals surface area contributed by atoms with Crippen LogP contribution in [0.5, 0.6) is 0 Å². The van der Waals surface area contributed by atoms with E-state index in [1.165, 1.54) is 0 Å². The summed E-state index contributed by atoms with van der Waals surface area (Å²) < 4.78 is 5.63. The van der Waals surface area contributed by atoms with Gasteiger partial charge in [0.05, 0.1) is 5.52 Å². The van der Waals surface area contributed by atoms with E-state index in [0.29, 0.717) is 12.8 Å². The fraction of sp³-hybridized carbons (Fsp3) is 0.346. The number of Topliss-reactive ketones (excluding diaryl/α,β-unsaturated/α-hetero) is 1. The molecule has 2 unspecified atom stereocenters. The monoisotopic (exact) mass is 414 g/mol. The van der Waals surface area contributed by atoms with Crippen molar-refractivity contribution in [2.45, 2.75) is 50.8 Å². The van der Waals surface area contributed by atoms with Gasteiger partial charge in [0.25, 0.3) is 0 Å². The van der Waals surface area contributed by atoms with Gasteiger partial charge in [-0.25, -0.2) is 4.79 Å². The van der Waals surface area contributed by atoms with Crippen LogP contribution in [0.25, 0.3) is 10.9 Å². The van der Waals surface area contributed by atoms with E-state index >= 15 is 0 Å². The van der Waals surface area contributed by atoms with Gasteiger partial charge in [0, 0.05) is 35.1 Å². The smallest absolute Gasteiger partial charge is 0.410 e. The minimum absolute atomic E-state index is 0.0532. The van der Waals surface area contributed by atoms with E-state index in [9.17, 15) is 9.59 Å². The van der Waals surface area contributed by atoms with Crippen molar-refractivity contribution in [3.05, 3.63) is 78.0 Å². The van der Waals surface area contributed by atoms with Crippen LogP contribution in [0.4, 0.5) is 4.79 Å². The number of carbonyl (C=O) groups excluding carboxylic acids is 2. The Bertz CT molecular complexity index is 1080. The molecular weight excluding hydrogens is 388 g/mol. The molecule has 2 atom stereocenters. The maximum atomic E-state index is 13.3. The SMILES string of the molecule is O=C(c1ccc2ncccc2c1)C1CC2CCCC(C1)N2C(=O)OCc1ccccc1. The number of carbonyl (C=O) groups is 2. The Labute approximate surface area is 182 Å². The zero-order valence-electron chi connectivity index (χ0n) is 17.4. The van der Waals surface area contributed by atoms with Crippen molar-refractivity contribution in [1.29, 1.82) is 0 Å². The van der Waals surface area contributed by atoms with E-state index in [1.54, 1.807) is 6.20 Å². The van der Waals surface area contributed by atoms with Crippen LogP contribution in [0, 0.1) is 5.92 Å². The number of ether oxygens (including phenoxy) is 1. The number of ketones is 1. The normalized spacial score (nSPS) is 22.8. The van der Waals surface area contributed by atoms with Crippen molar-refractivity contribution in [2.24, 2.45) is 5.92 Å². The molecular formula is C26H26N2O3. The standard InChI is InChI=1S/C26H26N2O3/c29-25(20-11-12-24-19(14-20)8-5-13-27-24)21-15-22-9-4-10-23(16-21)28(22)26(30)31-17-18-6-2-1-3-7-18/h1-3,5-8,11-14,21-23H,4,9-10,15-17H2. The number of fused-ring (bicyclic) bond motifs is 3. The first-order valence-corrected chi connectivity index (χ1v) is 11.1. The van der Waals surface area contributed by atoms with Gasteiger partial charge >= 0.3 is 6.09 Å². The van der Waals surface area contributed by atoms with E-state index in [1.807, 2.05) is 65.6 Å². The number of rotatable bonds is 4. The zero-order valence-corrected chi connectivity index (χ0v) is 17.4. The lowest BCUT2D eigenvalue weighted by Crippen LogP contribution is -2.55. The highest BCUT2D eigenvalue weighted by atomic mass is 16.6. The third-order valence-corrected chi connectivity index (χ3v) is 6.65. The average Bonchev–Trinajstić information content (AvgIpc) is 2.81. The van der Waals surface area contributed by atoms with Crippen LogP contribution in [0.2, 0.25) is 0 Å². The number of benzene rings is 2. The molecule has 2 fully saturated rings. The summed E-state index contributed by atoms with van der Waals surface area (Å²) in [5, 5.41) is 0.982. The Balaban J connectivity index is 1.29. The van der Waals surface area contributed by atoms with Gasteiger partial charge in [-0.1, -0.05) is 36.4 Å². The molecule has 2 aliphatic heterocycles. The maximum absolute atomic E-state index is 13.3. The van der Waals surface area contributed by atoms with Crippen molar-refractivity contribution >= 4 is 22.8 Å².